The molecule has 0 saturated carbocycles. The number of carbonyl (C=O) groups is 1. The van der Waals surface area contributed by atoms with Gasteiger partial charge in [0.1, 0.15) is 0 Å². The van der Waals surface area contributed by atoms with Crippen LogP contribution in [0.4, 0.5) is 0 Å². The fraction of sp³-hybridized carbons (Fsp3) is 0.786. The predicted molar refractivity (Wildman–Crippen MR) is 70.9 cm³/mol. The van der Waals surface area contributed by atoms with E-state index in [1.807, 2.05) is 6.92 Å². The fourth-order valence-corrected chi connectivity index (χ4v) is 2.19. The second-order valence-electron chi connectivity index (χ2n) is 5.43. The van der Waals surface area contributed by atoms with E-state index in [1.165, 1.54) is 12.5 Å². The summed E-state index contributed by atoms with van der Waals surface area (Å²) in [5, 5.41) is 0. The second kappa shape index (κ2) is 6.90. The first-order valence-corrected chi connectivity index (χ1v) is 6.62. The van der Waals surface area contributed by atoms with E-state index >= 15 is 0 Å². The number of allylic oxidation sites excluding steroid dienone is 1. The van der Waals surface area contributed by atoms with Gasteiger partial charge in [-0.15, -0.1) is 5.48 Å². The molecule has 0 bridgehead atoms. The van der Waals surface area contributed by atoms with Crippen LogP contribution < -0.4 is 5.48 Å². The number of carbonyl (C=O) groups excluding carboxylic acids is 1. The Balaban J connectivity index is 2.48. The van der Waals surface area contributed by atoms with E-state index in [-0.39, 0.29) is 24.2 Å². The highest BCUT2D eigenvalue weighted by molar-refractivity contribution is 5.65. The Morgan fingerprint density at radius 3 is 2.61 bits per heavy atom. The molecule has 0 amide bonds. The van der Waals surface area contributed by atoms with Crippen molar-refractivity contribution in [2.75, 3.05) is 0 Å². The Morgan fingerprint density at radius 2 is 2.06 bits per heavy atom. The maximum absolute atomic E-state index is 10.8. The van der Waals surface area contributed by atoms with Gasteiger partial charge in [-0.1, -0.05) is 18.6 Å². The molecule has 0 aromatic rings. The molecule has 1 aliphatic rings. The number of ether oxygens (including phenoxy) is 1. The number of hydrogen-bond acceptors (Lipinski definition) is 4. The molecule has 1 heterocycles. The van der Waals surface area contributed by atoms with Crippen molar-refractivity contribution in [3.8, 4) is 0 Å². The largest absolute Gasteiger partial charge is 0.373 e. The van der Waals surface area contributed by atoms with Crippen molar-refractivity contribution in [2.45, 2.75) is 65.7 Å². The highest BCUT2D eigenvalue weighted by Crippen LogP contribution is 2.27. The molecule has 4 heteroatoms. The Morgan fingerprint density at radius 1 is 1.39 bits per heavy atom. The van der Waals surface area contributed by atoms with Crippen molar-refractivity contribution in [2.24, 2.45) is 5.92 Å². The van der Waals surface area contributed by atoms with Crippen molar-refractivity contribution < 1.29 is 14.4 Å². The van der Waals surface area contributed by atoms with Crippen molar-refractivity contribution in [1.29, 1.82) is 0 Å². The standard InChI is InChI=1S/C14H25NO3/c1-9(2)6-7-14-10(3)8-13(11(4)17-14)15-18-12(5)16/h6,10-11,13-15H,7-8H2,1-5H3/t10-,11+,13+,14-/m0/s1. The SMILES string of the molecule is CC(=O)ON[C@@H]1C[C@H](C)[C@H](CC=C(C)C)O[C@@H]1C. The van der Waals surface area contributed by atoms with Crippen LogP contribution in [0.2, 0.25) is 0 Å². The molecule has 1 saturated heterocycles. The number of rotatable bonds is 4. The lowest BCUT2D eigenvalue weighted by Crippen LogP contribution is -2.49. The minimum absolute atomic E-state index is 0.0520. The third-order valence-electron chi connectivity index (χ3n) is 3.33. The summed E-state index contributed by atoms with van der Waals surface area (Å²) < 4.78 is 6.00. The van der Waals surface area contributed by atoms with Gasteiger partial charge in [0.15, 0.2) is 0 Å². The number of hydrogen-bond donors (Lipinski definition) is 1. The van der Waals surface area contributed by atoms with Gasteiger partial charge in [-0.05, 0) is 39.5 Å². The van der Waals surface area contributed by atoms with Gasteiger partial charge in [-0.2, -0.15) is 0 Å². The van der Waals surface area contributed by atoms with E-state index in [1.54, 1.807) is 0 Å². The van der Waals surface area contributed by atoms with Crippen molar-refractivity contribution >= 4 is 5.97 Å². The predicted octanol–water partition coefficient (Wildman–Crippen LogP) is 2.59. The second-order valence-corrected chi connectivity index (χ2v) is 5.43. The molecule has 0 aromatic carbocycles. The van der Waals surface area contributed by atoms with Crippen LogP contribution in [0.25, 0.3) is 0 Å². The third-order valence-corrected chi connectivity index (χ3v) is 3.33. The molecular weight excluding hydrogens is 230 g/mol. The first-order valence-electron chi connectivity index (χ1n) is 6.62. The maximum atomic E-state index is 10.8. The monoisotopic (exact) mass is 255 g/mol. The van der Waals surface area contributed by atoms with E-state index in [0.717, 1.165) is 12.8 Å². The molecule has 0 radical (unpaired) electrons. The van der Waals surface area contributed by atoms with Crippen molar-refractivity contribution in [1.82, 2.24) is 5.48 Å². The van der Waals surface area contributed by atoms with Crippen LogP contribution in [0.3, 0.4) is 0 Å². The molecule has 4 atom stereocenters. The average molecular weight is 255 g/mol. The lowest BCUT2D eigenvalue weighted by molar-refractivity contribution is -0.160. The Bertz CT molecular complexity index is 310. The van der Waals surface area contributed by atoms with Crippen LogP contribution in [-0.4, -0.2) is 24.2 Å². The van der Waals surface area contributed by atoms with E-state index in [2.05, 4.69) is 32.3 Å². The summed E-state index contributed by atoms with van der Waals surface area (Å²) in [6.07, 6.45) is 4.43. The summed E-state index contributed by atoms with van der Waals surface area (Å²) in [4.78, 5) is 15.6. The molecule has 1 fully saturated rings. The fourth-order valence-electron chi connectivity index (χ4n) is 2.19. The minimum atomic E-state index is -0.318. The molecule has 1 N–H and O–H groups in total. The van der Waals surface area contributed by atoms with E-state index in [0.29, 0.717) is 5.92 Å². The highest BCUT2D eigenvalue weighted by Gasteiger charge is 2.33. The molecule has 1 aliphatic heterocycles. The summed E-state index contributed by atoms with van der Waals surface area (Å²) in [7, 11) is 0. The molecule has 18 heavy (non-hydrogen) atoms. The summed E-state index contributed by atoms with van der Waals surface area (Å²) in [6, 6.07) is 0.0758. The summed E-state index contributed by atoms with van der Waals surface area (Å²) in [6.45, 7) is 9.78. The van der Waals surface area contributed by atoms with Crippen LogP contribution >= 0.6 is 0 Å². The smallest absolute Gasteiger partial charge is 0.321 e. The molecular formula is C14H25NO3. The van der Waals surface area contributed by atoms with Gasteiger partial charge in [0.05, 0.1) is 18.2 Å². The molecule has 1 rings (SSSR count). The quantitative estimate of drug-likeness (QED) is 0.619. The van der Waals surface area contributed by atoms with E-state index in [9.17, 15) is 4.79 Å². The third kappa shape index (κ3) is 4.78. The molecule has 4 nitrogen and oxygen atoms in total. The average Bonchev–Trinajstić information content (AvgIpc) is 2.27. The van der Waals surface area contributed by atoms with Crippen LogP contribution in [0.15, 0.2) is 11.6 Å². The van der Waals surface area contributed by atoms with Gasteiger partial charge < -0.3 is 9.57 Å². The summed E-state index contributed by atoms with van der Waals surface area (Å²) >= 11 is 0. The maximum Gasteiger partial charge on any atom is 0.321 e. The van der Waals surface area contributed by atoms with Gasteiger partial charge >= 0.3 is 5.97 Å². The molecule has 0 spiro atoms. The van der Waals surface area contributed by atoms with Crippen molar-refractivity contribution in [3.63, 3.8) is 0 Å². The van der Waals surface area contributed by atoms with Gasteiger partial charge in [0, 0.05) is 6.92 Å². The zero-order chi connectivity index (χ0) is 13.7. The number of hydroxylamine groups is 1. The first-order chi connectivity index (χ1) is 8.40. The first kappa shape index (κ1) is 15.2. The highest BCUT2D eigenvalue weighted by atomic mass is 16.7. The normalized spacial score (nSPS) is 31.8. The van der Waals surface area contributed by atoms with Crippen molar-refractivity contribution in [3.05, 3.63) is 11.6 Å². The van der Waals surface area contributed by atoms with Gasteiger partial charge in [-0.25, -0.2) is 0 Å². The lowest BCUT2D eigenvalue weighted by Gasteiger charge is -2.38. The summed E-state index contributed by atoms with van der Waals surface area (Å²) in [5.41, 5.74) is 4.11. The van der Waals surface area contributed by atoms with Gasteiger partial charge in [0.25, 0.3) is 0 Å². The molecule has 104 valence electrons. The molecule has 0 aliphatic carbocycles. The Kier molecular flexibility index (Phi) is 5.82. The molecule has 0 unspecified atom stereocenters. The summed E-state index contributed by atoms with van der Waals surface area (Å²) in [5.74, 6) is 0.131. The van der Waals surface area contributed by atoms with Gasteiger partial charge in [0.2, 0.25) is 0 Å². The Labute approximate surface area is 110 Å². The zero-order valence-electron chi connectivity index (χ0n) is 12.0. The van der Waals surface area contributed by atoms with E-state index < -0.39 is 0 Å². The minimum Gasteiger partial charge on any atom is -0.373 e. The lowest BCUT2D eigenvalue weighted by atomic mass is 9.88. The topological polar surface area (TPSA) is 47.6 Å². The van der Waals surface area contributed by atoms with Crippen LogP contribution in [0, 0.1) is 5.92 Å². The number of nitrogens with one attached hydrogen (secondary N) is 1. The zero-order valence-corrected chi connectivity index (χ0v) is 12.0. The molecule has 0 aromatic heterocycles. The van der Waals surface area contributed by atoms with Crippen LogP contribution in [0.1, 0.15) is 47.5 Å². The van der Waals surface area contributed by atoms with Crippen LogP contribution in [0.5, 0.6) is 0 Å². The van der Waals surface area contributed by atoms with Gasteiger partial charge in [-0.3, -0.25) is 4.79 Å². The van der Waals surface area contributed by atoms with E-state index in [4.69, 9.17) is 9.57 Å². The Hall–Kier alpha value is -0.870. The van der Waals surface area contributed by atoms with Crippen LogP contribution in [-0.2, 0) is 14.4 Å².